The summed E-state index contributed by atoms with van der Waals surface area (Å²) in [5.74, 6) is 0.606. The van der Waals surface area contributed by atoms with Crippen molar-refractivity contribution in [2.24, 2.45) is 0 Å². The molecule has 4 rings (SSSR count). The summed E-state index contributed by atoms with van der Waals surface area (Å²) in [4.78, 5) is 27.3. The van der Waals surface area contributed by atoms with Gasteiger partial charge in [0.25, 0.3) is 0 Å². The Kier molecular flexibility index (Phi) is 3.93. The van der Waals surface area contributed by atoms with Gasteiger partial charge in [-0.05, 0) is 36.2 Å². The molecule has 1 aliphatic carbocycles. The zero-order chi connectivity index (χ0) is 17.2. The zero-order valence-electron chi connectivity index (χ0n) is 13.4. The van der Waals surface area contributed by atoms with Crippen LogP contribution >= 0.6 is 0 Å². The van der Waals surface area contributed by atoms with Gasteiger partial charge in [-0.3, -0.25) is 4.79 Å². The van der Waals surface area contributed by atoms with Crippen molar-refractivity contribution in [3.05, 3.63) is 54.1 Å². The maximum atomic E-state index is 11.6. The number of fused-ring (bicyclic) bond motifs is 1. The number of hydrogen-bond donors (Lipinski definition) is 1. The number of ether oxygens (including phenoxy) is 1. The molecule has 1 aromatic heterocycles. The highest BCUT2D eigenvalue weighted by Gasteiger charge is 2.29. The second kappa shape index (κ2) is 6.39. The van der Waals surface area contributed by atoms with Crippen molar-refractivity contribution in [1.29, 1.82) is 0 Å². The van der Waals surface area contributed by atoms with Crippen LogP contribution in [0.25, 0.3) is 22.6 Å². The molecule has 6 heteroatoms. The fourth-order valence-corrected chi connectivity index (χ4v) is 2.63. The number of alkyl carbamates (subject to hydrolysis) is 1. The molecule has 2 aromatic carbocycles. The Morgan fingerprint density at radius 2 is 2.00 bits per heavy atom. The number of oxazole rings is 1. The van der Waals surface area contributed by atoms with E-state index in [1.165, 1.54) is 0 Å². The second-order valence-corrected chi connectivity index (χ2v) is 5.96. The van der Waals surface area contributed by atoms with Gasteiger partial charge in [0.1, 0.15) is 12.1 Å². The molecule has 0 bridgehead atoms. The minimum atomic E-state index is -0.568. The van der Waals surface area contributed by atoms with Gasteiger partial charge in [-0.2, -0.15) is 0 Å². The Balaban J connectivity index is 1.38. The smallest absolute Gasteiger partial charge is 0.408 e. The molecule has 25 heavy (non-hydrogen) atoms. The molecule has 1 heterocycles. The lowest BCUT2D eigenvalue weighted by molar-refractivity contribution is -0.126. The lowest BCUT2D eigenvalue weighted by Gasteiger charge is -2.24. The maximum Gasteiger partial charge on any atom is 0.408 e. The fourth-order valence-electron chi connectivity index (χ4n) is 2.63. The molecule has 0 aliphatic heterocycles. The summed E-state index contributed by atoms with van der Waals surface area (Å²) in [6.45, 7) is 0.139. The monoisotopic (exact) mass is 336 g/mol. The van der Waals surface area contributed by atoms with E-state index in [1.807, 2.05) is 48.5 Å². The zero-order valence-corrected chi connectivity index (χ0v) is 13.4. The number of aromatic nitrogens is 1. The van der Waals surface area contributed by atoms with E-state index in [9.17, 15) is 9.59 Å². The van der Waals surface area contributed by atoms with Crippen LogP contribution in [0, 0.1) is 0 Å². The largest absolute Gasteiger partial charge is 0.445 e. The standard InChI is InChI=1S/C19H16N2O4/c22-16-10-9-14(16)21-19(23)24-11-12-5-7-13(8-6-12)18-20-15-3-1-2-4-17(15)25-18/h1-8,14H,9-11H2,(H,21,23)/t14-/m0/s1. The molecule has 0 radical (unpaired) electrons. The lowest BCUT2D eigenvalue weighted by atomic mass is 9.91. The lowest BCUT2D eigenvalue weighted by Crippen LogP contribution is -2.47. The minimum Gasteiger partial charge on any atom is -0.445 e. The number of hydrogen-bond acceptors (Lipinski definition) is 5. The van der Waals surface area contributed by atoms with Crippen LogP contribution in [-0.2, 0) is 16.1 Å². The molecular weight excluding hydrogens is 320 g/mol. The molecule has 1 atom stereocenters. The van der Waals surface area contributed by atoms with E-state index in [4.69, 9.17) is 9.15 Å². The SMILES string of the molecule is O=C(N[C@H]1CCC1=O)OCc1ccc(-c2nc3ccccc3o2)cc1. The normalized spacial score (nSPS) is 16.5. The number of Topliss-reactive ketones (excluding diaryl/α,β-unsaturated/α-hetero) is 1. The van der Waals surface area contributed by atoms with Crippen LogP contribution in [-0.4, -0.2) is 22.9 Å². The number of nitrogens with one attached hydrogen (secondary N) is 1. The van der Waals surface area contributed by atoms with Crippen LogP contribution < -0.4 is 5.32 Å². The van der Waals surface area contributed by atoms with Crippen molar-refractivity contribution in [2.45, 2.75) is 25.5 Å². The van der Waals surface area contributed by atoms with Gasteiger partial charge >= 0.3 is 6.09 Å². The Hall–Kier alpha value is -3.15. The third-order valence-electron chi connectivity index (χ3n) is 4.22. The van der Waals surface area contributed by atoms with Gasteiger partial charge < -0.3 is 14.5 Å². The molecule has 0 unspecified atom stereocenters. The first-order valence-electron chi connectivity index (χ1n) is 8.10. The predicted octanol–water partition coefficient (Wildman–Crippen LogP) is 3.45. The van der Waals surface area contributed by atoms with E-state index >= 15 is 0 Å². The van der Waals surface area contributed by atoms with Crippen molar-refractivity contribution in [1.82, 2.24) is 10.3 Å². The summed E-state index contributed by atoms with van der Waals surface area (Å²) in [7, 11) is 0. The van der Waals surface area contributed by atoms with Crippen molar-refractivity contribution in [3.63, 3.8) is 0 Å². The quantitative estimate of drug-likeness (QED) is 0.789. The predicted molar refractivity (Wildman–Crippen MR) is 90.8 cm³/mol. The van der Waals surface area contributed by atoms with Crippen molar-refractivity contribution >= 4 is 23.0 Å². The highest BCUT2D eigenvalue weighted by atomic mass is 16.5. The van der Waals surface area contributed by atoms with E-state index < -0.39 is 6.09 Å². The summed E-state index contributed by atoms with van der Waals surface area (Å²) in [6, 6.07) is 14.7. The number of amides is 1. The van der Waals surface area contributed by atoms with Crippen LogP contribution in [0.2, 0.25) is 0 Å². The number of carbonyl (C=O) groups excluding carboxylic acids is 2. The number of ketones is 1. The van der Waals surface area contributed by atoms with Crippen molar-refractivity contribution in [3.8, 4) is 11.5 Å². The third-order valence-corrected chi connectivity index (χ3v) is 4.22. The van der Waals surface area contributed by atoms with Crippen molar-refractivity contribution < 1.29 is 18.7 Å². The van der Waals surface area contributed by atoms with Gasteiger partial charge in [-0.15, -0.1) is 0 Å². The molecule has 1 N–H and O–H groups in total. The Bertz CT molecular complexity index is 897. The van der Waals surface area contributed by atoms with E-state index in [1.54, 1.807) is 0 Å². The minimum absolute atomic E-state index is 0.0552. The topological polar surface area (TPSA) is 81.4 Å². The first kappa shape index (κ1) is 15.4. The van der Waals surface area contributed by atoms with Crippen LogP contribution in [0.3, 0.4) is 0 Å². The van der Waals surface area contributed by atoms with Crippen LogP contribution in [0.5, 0.6) is 0 Å². The molecule has 1 fully saturated rings. The third kappa shape index (κ3) is 3.24. The summed E-state index contributed by atoms with van der Waals surface area (Å²) in [5.41, 5.74) is 3.25. The van der Waals surface area contributed by atoms with E-state index in [2.05, 4.69) is 10.3 Å². The highest BCUT2D eigenvalue weighted by molar-refractivity contribution is 5.92. The van der Waals surface area contributed by atoms with Gasteiger partial charge in [0, 0.05) is 12.0 Å². The molecular formula is C19H16N2O4. The Morgan fingerprint density at radius 1 is 1.20 bits per heavy atom. The van der Waals surface area contributed by atoms with Crippen molar-refractivity contribution in [2.75, 3.05) is 0 Å². The summed E-state index contributed by atoms with van der Waals surface area (Å²) in [6.07, 6.45) is 0.649. The summed E-state index contributed by atoms with van der Waals surface area (Å²) < 4.78 is 10.9. The van der Waals surface area contributed by atoms with Gasteiger partial charge in [-0.1, -0.05) is 24.3 Å². The average molecular weight is 336 g/mol. The average Bonchev–Trinajstić information content (AvgIpc) is 3.08. The van der Waals surface area contributed by atoms with Gasteiger partial charge in [0.05, 0.1) is 6.04 Å². The number of rotatable bonds is 4. The number of para-hydroxylation sites is 2. The van der Waals surface area contributed by atoms with Gasteiger partial charge in [-0.25, -0.2) is 9.78 Å². The maximum absolute atomic E-state index is 11.6. The molecule has 1 saturated carbocycles. The van der Waals surface area contributed by atoms with Crippen LogP contribution in [0.4, 0.5) is 4.79 Å². The Labute approximate surface area is 143 Å². The molecule has 126 valence electrons. The number of carbonyl (C=O) groups is 2. The molecule has 1 amide bonds. The summed E-state index contributed by atoms with van der Waals surface area (Å²) >= 11 is 0. The van der Waals surface area contributed by atoms with E-state index in [-0.39, 0.29) is 18.4 Å². The molecule has 1 aliphatic rings. The fraction of sp³-hybridized carbons (Fsp3) is 0.211. The molecule has 6 nitrogen and oxygen atoms in total. The summed E-state index contributed by atoms with van der Waals surface area (Å²) in [5, 5.41) is 2.55. The first-order chi connectivity index (χ1) is 12.2. The molecule has 3 aromatic rings. The first-order valence-corrected chi connectivity index (χ1v) is 8.10. The van der Waals surface area contributed by atoms with Crippen LogP contribution in [0.15, 0.2) is 52.9 Å². The second-order valence-electron chi connectivity index (χ2n) is 5.96. The number of nitrogens with zero attached hydrogens (tertiary/aromatic N) is 1. The van der Waals surface area contributed by atoms with E-state index in [0.717, 1.165) is 22.2 Å². The molecule has 0 saturated heterocycles. The number of benzene rings is 2. The van der Waals surface area contributed by atoms with E-state index in [0.29, 0.717) is 18.7 Å². The Morgan fingerprint density at radius 3 is 2.68 bits per heavy atom. The van der Waals surface area contributed by atoms with Crippen LogP contribution in [0.1, 0.15) is 18.4 Å². The van der Waals surface area contributed by atoms with Gasteiger partial charge in [0.15, 0.2) is 11.4 Å². The van der Waals surface area contributed by atoms with Gasteiger partial charge in [0.2, 0.25) is 5.89 Å². The molecule has 0 spiro atoms. The highest BCUT2D eigenvalue weighted by Crippen LogP contribution is 2.24.